The molecule has 156 valence electrons. The molecule has 1 spiro atoms. The molecule has 0 atom stereocenters. The third kappa shape index (κ3) is 3.48. The van der Waals surface area contributed by atoms with Crippen molar-refractivity contribution in [2.24, 2.45) is 11.3 Å². The zero-order chi connectivity index (χ0) is 21.0. The highest BCUT2D eigenvalue weighted by Gasteiger charge is 2.49. The molecule has 3 aliphatic rings. The third-order valence-electron chi connectivity index (χ3n) is 6.98. The molecule has 2 saturated carbocycles. The molecule has 0 bridgehead atoms. The number of pyridine rings is 1. The lowest BCUT2D eigenvalue weighted by molar-refractivity contribution is -0.117. The van der Waals surface area contributed by atoms with Gasteiger partial charge >= 0.3 is 0 Å². The lowest BCUT2D eigenvalue weighted by Gasteiger charge is -2.21. The van der Waals surface area contributed by atoms with Crippen LogP contribution in [0, 0.1) is 11.3 Å². The number of hydrogen-bond acceptors (Lipinski definition) is 3. The first-order chi connectivity index (χ1) is 15.1. The number of carbonyl (C=O) groups excluding carboxylic acids is 2. The van der Waals surface area contributed by atoms with Crippen LogP contribution in [0.1, 0.15) is 59.3 Å². The van der Waals surface area contributed by atoms with E-state index in [0.717, 1.165) is 60.2 Å². The Balaban J connectivity index is 1.42. The number of H-pyrrole nitrogens is 1. The largest absolute Gasteiger partial charge is 0.358 e. The highest BCUT2D eigenvalue weighted by Crippen LogP contribution is 2.55. The topological polar surface area (TPSA) is 74.8 Å². The summed E-state index contributed by atoms with van der Waals surface area (Å²) in [4.78, 5) is 33.4. The van der Waals surface area contributed by atoms with E-state index in [-0.39, 0.29) is 23.0 Å². The van der Waals surface area contributed by atoms with Crippen molar-refractivity contribution in [2.45, 2.75) is 44.9 Å². The monoisotopic (exact) mass is 411 g/mol. The van der Waals surface area contributed by atoms with Crippen molar-refractivity contribution in [1.29, 1.82) is 0 Å². The number of amides is 1. The Morgan fingerprint density at radius 3 is 2.68 bits per heavy atom. The molecule has 2 N–H and O–H groups in total. The predicted molar refractivity (Wildman–Crippen MR) is 119 cm³/mol. The third-order valence-corrected chi connectivity index (χ3v) is 6.98. The molecule has 0 saturated heterocycles. The molecule has 31 heavy (non-hydrogen) atoms. The first-order valence-electron chi connectivity index (χ1n) is 11.2. The quantitative estimate of drug-likeness (QED) is 0.625. The summed E-state index contributed by atoms with van der Waals surface area (Å²) in [6.07, 6.45) is 8.26. The highest BCUT2D eigenvalue weighted by atomic mass is 16.2. The van der Waals surface area contributed by atoms with Crippen LogP contribution in [0.25, 0.3) is 11.3 Å². The summed E-state index contributed by atoms with van der Waals surface area (Å²) in [6, 6.07) is 14.2. The van der Waals surface area contributed by atoms with E-state index in [0.29, 0.717) is 18.7 Å². The smallest absolute Gasteiger partial charge is 0.228 e. The molecule has 5 nitrogen and oxygen atoms in total. The fourth-order valence-electron chi connectivity index (χ4n) is 4.91. The molecule has 2 fully saturated rings. The summed E-state index contributed by atoms with van der Waals surface area (Å²) >= 11 is 0. The van der Waals surface area contributed by atoms with Crippen LogP contribution in [-0.2, 0) is 17.6 Å². The van der Waals surface area contributed by atoms with Crippen LogP contribution in [0.15, 0.2) is 48.7 Å². The fourth-order valence-corrected chi connectivity index (χ4v) is 4.91. The minimum atomic E-state index is 0.0470. The number of rotatable bonds is 5. The molecule has 0 unspecified atom stereocenters. The Morgan fingerprint density at radius 2 is 1.94 bits per heavy atom. The van der Waals surface area contributed by atoms with Crippen LogP contribution in [0.5, 0.6) is 0 Å². The Morgan fingerprint density at radius 1 is 1.13 bits per heavy atom. The first kappa shape index (κ1) is 18.6. The Bertz CT molecular complexity index is 1190. The van der Waals surface area contributed by atoms with Gasteiger partial charge in [-0.15, -0.1) is 0 Å². The van der Waals surface area contributed by atoms with Gasteiger partial charge in [0.05, 0.1) is 5.69 Å². The van der Waals surface area contributed by atoms with Gasteiger partial charge in [0.2, 0.25) is 5.91 Å². The fraction of sp³-hybridized carbons (Fsp3) is 0.346. The molecule has 3 aliphatic carbocycles. The summed E-state index contributed by atoms with van der Waals surface area (Å²) in [5.74, 6) is 1.01. The van der Waals surface area contributed by atoms with Crippen LogP contribution in [0.4, 0.5) is 5.82 Å². The van der Waals surface area contributed by atoms with Gasteiger partial charge in [0.15, 0.2) is 5.78 Å². The van der Waals surface area contributed by atoms with Crippen molar-refractivity contribution in [3.8, 4) is 11.3 Å². The molecule has 0 radical (unpaired) electrons. The van der Waals surface area contributed by atoms with Crippen LogP contribution in [0.3, 0.4) is 0 Å². The highest BCUT2D eigenvalue weighted by molar-refractivity contribution is 6.02. The summed E-state index contributed by atoms with van der Waals surface area (Å²) in [5.41, 5.74) is 6.33. The summed E-state index contributed by atoms with van der Waals surface area (Å²) in [7, 11) is 0. The Hall–Kier alpha value is -3.21. The van der Waals surface area contributed by atoms with E-state index in [1.165, 1.54) is 5.56 Å². The van der Waals surface area contributed by atoms with Crippen molar-refractivity contribution in [2.75, 3.05) is 5.32 Å². The predicted octanol–water partition coefficient (Wildman–Crippen LogP) is 4.93. The van der Waals surface area contributed by atoms with E-state index in [4.69, 9.17) is 0 Å². The van der Waals surface area contributed by atoms with Crippen LogP contribution in [0.2, 0.25) is 0 Å². The molecule has 0 aliphatic heterocycles. The van der Waals surface area contributed by atoms with E-state index < -0.39 is 0 Å². The standard InChI is InChI=1S/C26H25N3O2/c30-21-15-26(9-10-26)14-20-23(21)19(12-16-4-2-1-3-5-16)24(28-20)18-8-11-27-22(13-18)29-25(31)17-6-7-17/h1-5,8,11,13,17,28H,6-7,9-10,12,14-15H2,(H,27,29,31). The minimum absolute atomic E-state index is 0.0470. The van der Waals surface area contributed by atoms with Gasteiger partial charge < -0.3 is 10.3 Å². The van der Waals surface area contributed by atoms with Gasteiger partial charge in [0.25, 0.3) is 0 Å². The number of aromatic nitrogens is 2. The number of aromatic amines is 1. The number of Topliss-reactive ketones (excluding diaryl/α,β-unsaturated/α-hetero) is 1. The van der Waals surface area contributed by atoms with Crippen LogP contribution >= 0.6 is 0 Å². The van der Waals surface area contributed by atoms with Gasteiger partial charge in [0, 0.05) is 41.8 Å². The molecule has 5 heteroatoms. The van der Waals surface area contributed by atoms with E-state index in [9.17, 15) is 9.59 Å². The van der Waals surface area contributed by atoms with Crippen LogP contribution in [-0.4, -0.2) is 21.7 Å². The first-order valence-corrected chi connectivity index (χ1v) is 11.2. The zero-order valence-electron chi connectivity index (χ0n) is 17.4. The van der Waals surface area contributed by atoms with Gasteiger partial charge in [-0.2, -0.15) is 0 Å². The summed E-state index contributed by atoms with van der Waals surface area (Å²) in [5, 5.41) is 2.95. The van der Waals surface area contributed by atoms with Gasteiger partial charge in [-0.05, 0) is 60.8 Å². The summed E-state index contributed by atoms with van der Waals surface area (Å²) in [6.45, 7) is 0. The van der Waals surface area contributed by atoms with Crippen molar-refractivity contribution < 1.29 is 9.59 Å². The molecule has 2 aromatic heterocycles. The molecule has 1 amide bonds. The molecule has 2 heterocycles. The average Bonchev–Trinajstić information content (AvgIpc) is 3.69. The lowest BCUT2D eigenvalue weighted by atomic mass is 9.82. The van der Waals surface area contributed by atoms with E-state index >= 15 is 0 Å². The van der Waals surface area contributed by atoms with E-state index in [1.807, 2.05) is 30.3 Å². The normalized spacial score (nSPS) is 18.6. The average molecular weight is 412 g/mol. The van der Waals surface area contributed by atoms with Gasteiger partial charge in [-0.3, -0.25) is 9.59 Å². The van der Waals surface area contributed by atoms with Crippen molar-refractivity contribution in [3.63, 3.8) is 0 Å². The number of ketones is 1. The minimum Gasteiger partial charge on any atom is -0.358 e. The maximum absolute atomic E-state index is 13.2. The molecular formula is C26H25N3O2. The van der Waals surface area contributed by atoms with Crippen LogP contribution < -0.4 is 5.32 Å². The second kappa shape index (κ2) is 6.91. The lowest BCUT2D eigenvalue weighted by Crippen LogP contribution is -2.21. The maximum atomic E-state index is 13.2. The van der Waals surface area contributed by atoms with Crippen molar-refractivity contribution in [3.05, 3.63) is 71.0 Å². The SMILES string of the molecule is O=C1CC2(CC2)Cc2[nH]c(-c3ccnc(NC(=O)C4CC4)c3)c(Cc3ccccc3)c21. The Kier molecular flexibility index (Phi) is 4.13. The van der Waals surface area contributed by atoms with Gasteiger partial charge in [-0.25, -0.2) is 4.98 Å². The van der Waals surface area contributed by atoms with Crippen molar-refractivity contribution in [1.82, 2.24) is 9.97 Å². The number of benzene rings is 1. The molecule has 1 aromatic carbocycles. The molecule has 3 aromatic rings. The second-order valence-corrected chi connectivity index (χ2v) is 9.46. The number of nitrogens with one attached hydrogen (secondary N) is 2. The second-order valence-electron chi connectivity index (χ2n) is 9.46. The summed E-state index contributed by atoms with van der Waals surface area (Å²) < 4.78 is 0. The molecular weight excluding hydrogens is 386 g/mol. The van der Waals surface area contributed by atoms with E-state index in [1.54, 1.807) is 6.20 Å². The Labute approximate surface area is 181 Å². The number of carbonyl (C=O) groups is 2. The van der Waals surface area contributed by atoms with Crippen molar-refractivity contribution >= 4 is 17.5 Å². The zero-order valence-corrected chi connectivity index (χ0v) is 17.4. The number of nitrogens with zero attached hydrogens (tertiary/aromatic N) is 1. The number of hydrogen-bond donors (Lipinski definition) is 2. The number of anilines is 1. The van der Waals surface area contributed by atoms with E-state index in [2.05, 4.69) is 27.4 Å². The maximum Gasteiger partial charge on any atom is 0.228 e. The number of fused-ring (bicyclic) bond motifs is 1. The molecule has 6 rings (SSSR count). The van der Waals surface area contributed by atoms with Gasteiger partial charge in [-0.1, -0.05) is 30.3 Å². The van der Waals surface area contributed by atoms with Gasteiger partial charge in [0.1, 0.15) is 5.82 Å².